The van der Waals surface area contributed by atoms with Crippen LogP contribution >= 0.6 is 0 Å². The first-order valence-electron chi connectivity index (χ1n) is 6.39. The SMILES string of the molecule is CC(=O)c1ccc2c(c1)[C@@H]1C=CC[C@@H]1[C@H](C(=O)O)N2. The molecule has 0 radical (unpaired) electrons. The summed E-state index contributed by atoms with van der Waals surface area (Å²) in [5, 5.41) is 12.4. The Bertz CT molecular complexity index is 591. The predicted octanol–water partition coefficient (Wildman–Crippen LogP) is 2.43. The third-order valence-electron chi connectivity index (χ3n) is 4.04. The van der Waals surface area contributed by atoms with Gasteiger partial charge in [0, 0.05) is 23.1 Å². The maximum absolute atomic E-state index is 11.5. The molecule has 0 saturated heterocycles. The fourth-order valence-electron chi connectivity index (χ4n) is 3.06. The van der Waals surface area contributed by atoms with Crippen molar-refractivity contribution in [3.63, 3.8) is 0 Å². The van der Waals surface area contributed by atoms with E-state index in [1.807, 2.05) is 18.2 Å². The molecular weight excluding hydrogens is 242 g/mol. The van der Waals surface area contributed by atoms with Gasteiger partial charge in [-0.15, -0.1) is 0 Å². The predicted molar refractivity (Wildman–Crippen MR) is 71.5 cm³/mol. The Kier molecular flexibility index (Phi) is 2.66. The lowest BCUT2D eigenvalue weighted by atomic mass is 9.79. The van der Waals surface area contributed by atoms with E-state index < -0.39 is 12.0 Å². The van der Waals surface area contributed by atoms with Crippen LogP contribution in [-0.2, 0) is 4.79 Å². The first-order chi connectivity index (χ1) is 9.08. The third-order valence-corrected chi connectivity index (χ3v) is 4.04. The van der Waals surface area contributed by atoms with E-state index in [1.165, 1.54) is 0 Å². The summed E-state index contributed by atoms with van der Waals surface area (Å²) < 4.78 is 0. The van der Waals surface area contributed by atoms with Crippen LogP contribution in [0.15, 0.2) is 30.4 Å². The molecule has 4 nitrogen and oxygen atoms in total. The van der Waals surface area contributed by atoms with E-state index in [2.05, 4.69) is 11.4 Å². The van der Waals surface area contributed by atoms with Crippen LogP contribution in [0.5, 0.6) is 0 Å². The van der Waals surface area contributed by atoms with Gasteiger partial charge >= 0.3 is 5.97 Å². The molecule has 0 saturated carbocycles. The van der Waals surface area contributed by atoms with Crippen molar-refractivity contribution < 1.29 is 14.7 Å². The summed E-state index contributed by atoms with van der Waals surface area (Å²) >= 11 is 0. The Balaban J connectivity index is 2.08. The van der Waals surface area contributed by atoms with Crippen LogP contribution in [0.1, 0.15) is 35.2 Å². The van der Waals surface area contributed by atoms with Crippen LogP contribution in [0.3, 0.4) is 0 Å². The minimum atomic E-state index is -0.819. The van der Waals surface area contributed by atoms with Crippen molar-refractivity contribution in [3.8, 4) is 0 Å². The fraction of sp³-hybridized carbons (Fsp3) is 0.333. The minimum absolute atomic E-state index is 0.0293. The Labute approximate surface area is 111 Å². The number of carboxylic acid groups (broad SMARTS) is 1. The molecule has 0 amide bonds. The number of nitrogens with one attached hydrogen (secondary N) is 1. The molecule has 1 heterocycles. The highest BCUT2D eigenvalue weighted by molar-refractivity contribution is 5.95. The van der Waals surface area contributed by atoms with E-state index in [-0.39, 0.29) is 17.6 Å². The number of allylic oxidation sites excluding steroid dienone is 2. The summed E-state index contributed by atoms with van der Waals surface area (Å²) in [7, 11) is 0. The molecule has 2 N–H and O–H groups in total. The van der Waals surface area contributed by atoms with Gasteiger partial charge in [0.15, 0.2) is 5.78 Å². The highest BCUT2D eigenvalue weighted by Gasteiger charge is 2.40. The zero-order valence-corrected chi connectivity index (χ0v) is 10.6. The number of rotatable bonds is 2. The van der Waals surface area contributed by atoms with E-state index >= 15 is 0 Å². The maximum atomic E-state index is 11.5. The number of carbonyl (C=O) groups excluding carboxylic acids is 1. The van der Waals surface area contributed by atoms with Crippen molar-refractivity contribution in [3.05, 3.63) is 41.5 Å². The highest BCUT2D eigenvalue weighted by Crippen LogP contribution is 2.44. The van der Waals surface area contributed by atoms with Crippen molar-refractivity contribution in [1.29, 1.82) is 0 Å². The van der Waals surface area contributed by atoms with E-state index in [4.69, 9.17) is 0 Å². The standard InChI is InChI=1S/C15H15NO3/c1-8(17)9-5-6-13-12(7-9)10-3-2-4-11(10)14(16-13)15(18)19/h2-3,5-7,10-11,14,16H,4H2,1H3,(H,18,19)/t10-,11+,14-/m1/s1. The number of fused-ring (bicyclic) bond motifs is 3. The molecule has 1 aromatic rings. The number of Topliss-reactive ketones (excluding diaryl/α,β-unsaturated/α-hetero) is 1. The van der Waals surface area contributed by atoms with Gasteiger partial charge in [0.1, 0.15) is 6.04 Å². The van der Waals surface area contributed by atoms with Gasteiger partial charge in [-0.3, -0.25) is 4.79 Å². The summed E-state index contributed by atoms with van der Waals surface area (Å²) in [6, 6.07) is 4.88. The molecule has 4 heteroatoms. The summed E-state index contributed by atoms with van der Waals surface area (Å²) in [6.45, 7) is 1.54. The Morgan fingerprint density at radius 1 is 1.37 bits per heavy atom. The molecule has 3 atom stereocenters. The topological polar surface area (TPSA) is 66.4 Å². The molecule has 1 aliphatic carbocycles. The molecule has 19 heavy (non-hydrogen) atoms. The number of hydrogen-bond acceptors (Lipinski definition) is 3. The fourth-order valence-corrected chi connectivity index (χ4v) is 3.06. The van der Waals surface area contributed by atoms with Gasteiger partial charge in [0.25, 0.3) is 0 Å². The van der Waals surface area contributed by atoms with Crippen LogP contribution in [0.2, 0.25) is 0 Å². The number of aliphatic carboxylic acids is 1. The van der Waals surface area contributed by atoms with Crippen LogP contribution in [0.4, 0.5) is 5.69 Å². The van der Waals surface area contributed by atoms with Crippen LogP contribution in [0, 0.1) is 5.92 Å². The van der Waals surface area contributed by atoms with E-state index in [9.17, 15) is 14.7 Å². The van der Waals surface area contributed by atoms with Crippen LogP contribution in [-0.4, -0.2) is 22.9 Å². The molecule has 0 unspecified atom stereocenters. The van der Waals surface area contributed by atoms with Gasteiger partial charge in [-0.25, -0.2) is 4.79 Å². The monoisotopic (exact) mass is 257 g/mol. The first-order valence-corrected chi connectivity index (χ1v) is 6.39. The molecule has 2 aliphatic rings. The molecular formula is C15H15NO3. The van der Waals surface area contributed by atoms with Gasteiger partial charge in [-0.05, 0) is 37.1 Å². The highest BCUT2D eigenvalue weighted by atomic mass is 16.4. The van der Waals surface area contributed by atoms with Gasteiger partial charge in [0.2, 0.25) is 0 Å². The van der Waals surface area contributed by atoms with E-state index in [1.54, 1.807) is 13.0 Å². The number of carbonyl (C=O) groups is 2. The van der Waals surface area contributed by atoms with Gasteiger partial charge in [-0.1, -0.05) is 12.2 Å². The van der Waals surface area contributed by atoms with E-state index in [0.29, 0.717) is 5.56 Å². The quantitative estimate of drug-likeness (QED) is 0.630. The smallest absolute Gasteiger partial charge is 0.326 e. The zero-order chi connectivity index (χ0) is 13.6. The van der Waals surface area contributed by atoms with Crippen LogP contribution < -0.4 is 5.32 Å². The maximum Gasteiger partial charge on any atom is 0.326 e. The van der Waals surface area contributed by atoms with Gasteiger partial charge in [-0.2, -0.15) is 0 Å². The van der Waals surface area contributed by atoms with Crippen molar-refractivity contribution >= 4 is 17.4 Å². The molecule has 3 rings (SSSR count). The molecule has 1 aliphatic heterocycles. The molecule has 98 valence electrons. The third kappa shape index (κ3) is 1.84. The van der Waals surface area contributed by atoms with Gasteiger partial charge in [0.05, 0.1) is 0 Å². The summed E-state index contributed by atoms with van der Waals surface area (Å²) in [5.74, 6) is -0.662. The normalized spacial score (nSPS) is 27.3. The Morgan fingerprint density at radius 2 is 2.16 bits per heavy atom. The summed E-state index contributed by atoms with van der Waals surface area (Å²) in [4.78, 5) is 22.8. The van der Waals surface area contributed by atoms with Crippen molar-refractivity contribution in [2.75, 3.05) is 5.32 Å². The lowest BCUT2D eigenvalue weighted by molar-refractivity contribution is -0.139. The van der Waals surface area contributed by atoms with Crippen molar-refractivity contribution in [2.24, 2.45) is 5.92 Å². The largest absolute Gasteiger partial charge is 0.480 e. The lowest BCUT2D eigenvalue weighted by Crippen LogP contribution is -2.41. The summed E-state index contributed by atoms with van der Waals surface area (Å²) in [5.41, 5.74) is 2.53. The molecule has 0 spiro atoms. The average molecular weight is 257 g/mol. The lowest BCUT2D eigenvalue weighted by Gasteiger charge is -2.34. The number of carboxylic acids is 1. The first kappa shape index (κ1) is 12.0. The number of anilines is 1. The number of hydrogen-bond donors (Lipinski definition) is 2. The molecule has 1 aromatic carbocycles. The summed E-state index contributed by atoms with van der Waals surface area (Å²) in [6.07, 6.45) is 4.85. The second-order valence-corrected chi connectivity index (χ2v) is 5.17. The number of ketones is 1. The molecule has 0 bridgehead atoms. The van der Waals surface area contributed by atoms with Crippen LogP contribution in [0.25, 0.3) is 0 Å². The second-order valence-electron chi connectivity index (χ2n) is 5.17. The Morgan fingerprint density at radius 3 is 2.84 bits per heavy atom. The second kappa shape index (κ2) is 4.23. The molecule has 0 aromatic heterocycles. The van der Waals surface area contributed by atoms with Crippen molar-refractivity contribution in [2.45, 2.75) is 25.3 Å². The minimum Gasteiger partial charge on any atom is -0.480 e. The average Bonchev–Trinajstić information content (AvgIpc) is 2.86. The molecule has 0 fully saturated rings. The number of benzene rings is 1. The van der Waals surface area contributed by atoms with E-state index in [0.717, 1.165) is 17.7 Å². The van der Waals surface area contributed by atoms with Gasteiger partial charge < -0.3 is 10.4 Å². The van der Waals surface area contributed by atoms with Crippen molar-refractivity contribution in [1.82, 2.24) is 0 Å². The zero-order valence-electron chi connectivity index (χ0n) is 10.6. The Hall–Kier alpha value is -2.10.